The third-order valence-corrected chi connectivity index (χ3v) is 5.21. The number of nitrogens with zero attached hydrogens (tertiary/aromatic N) is 1. The number of thioether (sulfide) groups is 1. The lowest BCUT2D eigenvalue weighted by molar-refractivity contribution is 0.449. The van der Waals surface area contributed by atoms with Gasteiger partial charge in [0.15, 0.2) is 0 Å². The molecule has 0 bridgehead atoms. The molecule has 1 aromatic carbocycles. The SMILES string of the molecule is NCC1(N2CCc3ccc(F)cc32)CCSC1. The summed E-state index contributed by atoms with van der Waals surface area (Å²) in [5, 5.41) is 0. The van der Waals surface area contributed by atoms with Crippen molar-refractivity contribution in [1.29, 1.82) is 0 Å². The standard InChI is InChI=1S/C13H17FN2S/c14-11-2-1-10-3-5-16(12(10)7-11)13(8-15)4-6-17-9-13/h1-2,7H,3-6,8-9,15H2. The topological polar surface area (TPSA) is 29.3 Å². The van der Waals surface area contributed by atoms with Gasteiger partial charge in [-0.3, -0.25) is 0 Å². The van der Waals surface area contributed by atoms with Gasteiger partial charge in [-0.1, -0.05) is 6.07 Å². The van der Waals surface area contributed by atoms with E-state index in [-0.39, 0.29) is 11.4 Å². The van der Waals surface area contributed by atoms with Crippen LogP contribution in [0.4, 0.5) is 10.1 Å². The van der Waals surface area contributed by atoms with E-state index in [0.29, 0.717) is 6.54 Å². The minimum atomic E-state index is -0.145. The normalized spacial score (nSPS) is 27.5. The summed E-state index contributed by atoms with van der Waals surface area (Å²) >= 11 is 1.96. The lowest BCUT2D eigenvalue weighted by atomic mass is 9.96. The zero-order valence-corrected chi connectivity index (χ0v) is 10.6. The number of hydrogen-bond donors (Lipinski definition) is 1. The number of rotatable bonds is 2. The first-order chi connectivity index (χ1) is 8.25. The van der Waals surface area contributed by atoms with E-state index in [1.807, 2.05) is 17.8 Å². The van der Waals surface area contributed by atoms with Crippen LogP contribution in [-0.2, 0) is 6.42 Å². The lowest BCUT2D eigenvalue weighted by Crippen LogP contribution is -2.53. The smallest absolute Gasteiger partial charge is 0.125 e. The Labute approximate surface area is 105 Å². The van der Waals surface area contributed by atoms with Crippen LogP contribution in [0.1, 0.15) is 12.0 Å². The molecule has 1 fully saturated rings. The summed E-state index contributed by atoms with van der Waals surface area (Å²) in [7, 11) is 0. The molecule has 4 heteroatoms. The van der Waals surface area contributed by atoms with Crippen molar-refractivity contribution in [3.8, 4) is 0 Å². The zero-order valence-electron chi connectivity index (χ0n) is 9.79. The number of halogens is 1. The molecule has 0 saturated carbocycles. The molecule has 2 heterocycles. The van der Waals surface area contributed by atoms with Gasteiger partial charge in [0.1, 0.15) is 5.82 Å². The second kappa shape index (κ2) is 4.18. The van der Waals surface area contributed by atoms with E-state index in [0.717, 1.165) is 30.8 Å². The van der Waals surface area contributed by atoms with Crippen LogP contribution in [0, 0.1) is 5.82 Å². The van der Waals surface area contributed by atoms with Crippen LogP contribution in [-0.4, -0.2) is 30.1 Å². The Kier molecular flexibility index (Phi) is 2.79. The van der Waals surface area contributed by atoms with E-state index < -0.39 is 0 Å². The molecule has 0 aliphatic carbocycles. The van der Waals surface area contributed by atoms with E-state index in [2.05, 4.69) is 4.90 Å². The summed E-state index contributed by atoms with van der Waals surface area (Å²) in [5.74, 6) is 2.09. The number of benzene rings is 1. The van der Waals surface area contributed by atoms with Crippen LogP contribution in [0.2, 0.25) is 0 Å². The number of nitrogens with two attached hydrogens (primary N) is 1. The fraction of sp³-hybridized carbons (Fsp3) is 0.538. The summed E-state index contributed by atoms with van der Waals surface area (Å²) in [4.78, 5) is 2.35. The van der Waals surface area contributed by atoms with E-state index in [1.54, 1.807) is 12.1 Å². The molecule has 0 spiro atoms. The molecular weight excluding hydrogens is 235 g/mol. The highest BCUT2D eigenvalue weighted by Crippen LogP contribution is 2.40. The number of hydrogen-bond acceptors (Lipinski definition) is 3. The van der Waals surface area contributed by atoms with E-state index in [1.165, 1.54) is 11.3 Å². The van der Waals surface area contributed by atoms with Crippen LogP contribution in [0.5, 0.6) is 0 Å². The summed E-state index contributed by atoms with van der Waals surface area (Å²) in [5.41, 5.74) is 8.38. The molecule has 1 saturated heterocycles. The Hall–Kier alpha value is -0.740. The molecule has 0 aromatic heterocycles. The number of fused-ring (bicyclic) bond motifs is 1. The van der Waals surface area contributed by atoms with Gasteiger partial charge in [-0.25, -0.2) is 4.39 Å². The van der Waals surface area contributed by atoms with Gasteiger partial charge in [-0.05, 0) is 36.3 Å². The van der Waals surface area contributed by atoms with Crippen LogP contribution < -0.4 is 10.6 Å². The predicted octanol–water partition coefficient (Wildman–Crippen LogP) is 2.02. The first-order valence-corrected chi connectivity index (χ1v) is 7.24. The van der Waals surface area contributed by atoms with Crippen molar-refractivity contribution >= 4 is 17.4 Å². The summed E-state index contributed by atoms with van der Waals surface area (Å²) in [6, 6.07) is 5.14. The fourth-order valence-corrected chi connectivity index (χ4v) is 4.39. The molecular formula is C13H17FN2S. The second-order valence-corrected chi connectivity index (χ2v) is 6.01. The van der Waals surface area contributed by atoms with Crippen molar-refractivity contribution in [3.05, 3.63) is 29.6 Å². The van der Waals surface area contributed by atoms with Crippen LogP contribution in [0.15, 0.2) is 18.2 Å². The first kappa shape index (κ1) is 11.4. The largest absolute Gasteiger partial charge is 0.363 e. The Bertz CT molecular complexity index is 429. The third kappa shape index (κ3) is 1.74. The first-order valence-electron chi connectivity index (χ1n) is 6.09. The van der Waals surface area contributed by atoms with Crippen molar-refractivity contribution in [3.63, 3.8) is 0 Å². The van der Waals surface area contributed by atoms with Crippen molar-refractivity contribution in [2.75, 3.05) is 29.5 Å². The third-order valence-electron chi connectivity index (χ3n) is 3.98. The summed E-state index contributed by atoms with van der Waals surface area (Å²) in [6.07, 6.45) is 2.13. The molecule has 2 aliphatic rings. The highest BCUT2D eigenvalue weighted by atomic mass is 32.2. The van der Waals surface area contributed by atoms with Gasteiger partial charge in [-0.2, -0.15) is 11.8 Å². The molecule has 1 aromatic rings. The molecule has 2 N–H and O–H groups in total. The Morgan fingerprint density at radius 1 is 1.47 bits per heavy atom. The monoisotopic (exact) mass is 252 g/mol. The Morgan fingerprint density at radius 2 is 2.35 bits per heavy atom. The van der Waals surface area contributed by atoms with Crippen molar-refractivity contribution < 1.29 is 4.39 Å². The van der Waals surface area contributed by atoms with Crippen molar-refractivity contribution in [2.45, 2.75) is 18.4 Å². The van der Waals surface area contributed by atoms with Crippen LogP contribution >= 0.6 is 11.8 Å². The van der Waals surface area contributed by atoms with Crippen molar-refractivity contribution in [1.82, 2.24) is 0 Å². The molecule has 0 amide bonds. The maximum absolute atomic E-state index is 13.4. The minimum Gasteiger partial charge on any atom is -0.363 e. The van der Waals surface area contributed by atoms with Gasteiger partial charge in [0, 0.05) is 24.5 Å². The molecule has 17 heavy (non-hydrogen) atoms. The number of anilines is 1. The lowest BCUT2D eigenvalue weighted by Gasteiger charge is -2.39. The van der Waals surface area contributed by atoms with E-state index >= 15 is 0 Å². The molecule has 92 valence electrons. The molecule has 2 aliphatic heterocycles. The quantitative estimate of drug-likeness (QED) is 0.873. The minimum absolute atomic E-state index is 0.0592. The molecule has 0 radical (unpaired) electrons. The Morgan fingerprint density at radius 3 is 3.06 bits per heavy atom. The van der Waals surface area contributed by atoms with Crippen LogP contribution in [0.3, 0.4) is 0 Å². The maximum Gasteiger partial charge on any atom is 0.125 e. The highest BCUT2D eigenvalue weighted by molar-refractivity contribution is 7.99. The molecule has 2 nitrogen and oxygen atoms in total. The van der Waals surface area contributed by atoms with Gasteiger partial charge >= 0.3 is 0 Å². The average molecular weight is 252 g/mol. The average Bonchev–Trinajstić information content (AvgIpc) is 2.94. The molecule has 1 atom stereocenters. The van der Waals surface area contributed by atoms with Gasteiger partial charge in [0.2, 0.25) is 0 Å². The van der Waals surface area contributed by atoms with Crippen LogP contribution in [0.25, 0.3) is 0 Å². The highest BCUT2D eigenvalue weighted by Gasteiger charge is 2.41. The zero-order chi connectivity index (χ0) is 11.9. The van der Waals surface area contributed by atoms with Crippen molar-refractivity contribution in [2.24, 2.45) is 5.73 Å². The molecule has 1 unspecified atom stereocenters. The van der Waals surface area contributed by atoms with Gasteiger partial charge in [-0.15, -0.1) is 0 Å². The van der Waals surface area contributed by atoms with Gasteiger partial charge in [0.25, 0.3) is 0 Å². The Balaban J connectivity index is 1.99. The summed E-state index contributed by atoms with van der Waals surface area (Å²) in [6.45, 7) is 1.65. The summed E-state index contributed by atoms with van der Waals surface area (Å²) < 4.78 is 13.4. The predicted molar refractivity (Wildman–Crippen MR) is 71.2 cm³/mol. The fourth-order valence-electron chi connectivity index (χ4n) is 2.93. The van der Waals surface area contributed by atoms with Gasteiger partial charge < -0.3 is 10.6 Å². The van der Waals surface area contributed by atoms with Gasteiger partial charge in [0.05, 0.1) is 5.54 Å². The van der Waals surface area contributed by atoms with E-state index in [9.17, 15) is 4.39 Å². The maximum atomic E-state index is 13.4. The van der Waals surface area contributed by atoms with E-state index in [4.69, 9.17) is 5.73 Å². The second-order valence-electron chi connectivity index (χ2n) is 4.91. The molecule has 3 rings (SSSR count).